The monoisotopic (exact) mass is 436 g/mol. The van der Waals surface area contributed by atoms with Crippen LogP contribution in [0.2, 0.25) is 0 Å². The average molecular weight is 437 g/mol. The number of aromatic nitrogens is 3. The fourth-order valence-corrected chi connectivity index (χ4v) is 3.28. The van der Waals surface area contributed by atoms with Crippen molar-refractivity contribution in [2.75, 3.05) is 12.4 Å². The van der Waals surface area contributed by atoms with Crippen LogP contribution >= 0.6 is 15.9 Å². The Morgan fingerprint density at radius 3 is 2.64 bits per heavy atom. The number of aryl methyl sites for hydroxylation is 1. The van der Waals surface area contributed by atoms with E-state index in [9.17, 15) is 4.79 Å². The molecule has 0 saturated carbocycles. The number of imidazole rings is 1. The van der Waals surface area contributed by atoms with Crippen molar-refractivity contribution in [2.45, 2.75) is 6.92 Å². The van der Waals surface area contributed by atoms with Gasteiger partial charge in [-0.25, -0.2) is 14.8 Å². The maximum absolute atomic E-state index is 12.2. The molecule has 0 aliphatic heterocycles. The smallest absolute Gasteiger partial charge is 0.339 e. The molecule has 0 aliphatic rings. The number of hydrogen-bond donors (Lipinski definition) is 1. The van der Waals surface area contributed by atoms with E-state index >= 15 is 0 Å². The summed E-state index contributed by atoms with van der Waals surface area (Å²) in [7, 11) is 1.37. The number of ether oxygens (including phenoxy) is 1. The maximum Gasteiger partial charge on any atom is 0.339 e. The lowest BCUT2D eigenvalue weighted by Gasteiger charge is -2.12. The van der Waals surface area contributed by atoms with Gasteiger partial charge in [0.25, 0.3) is 0 Å². The van der Waals surface area contributed by atoms with Crippen LogP contribution in [0.3, 0.4) is 0 Å². The number of nitrogens with one attached hydrogen (secondary N) is 1. The highest BCUT2D eigenvalue weighted by molar-refractivity contribution is 9.10. The van der Waals surface area contributed by atoms with Crippen molar-refractivity contribution >= 4 is 39.1 Å². The second kappa shape index (κ2) is 7.44. The summed E-state index contributed by atoms with van der Waals surface area (Å²) in [5.41, 5.74) is 4.67. The van der Waals surface area contributed by atoms with Crippen LogP contribution in [0.1, 0.15) is 15.9 Å². The molecule has 2 aromatic heterocycles. The van der Waals surface area contributed by atoms with E-state index in [0.29, 0.717) is 21.5 Å². The topological polar surface area (TPSA) is 68.5 Å². The zero-order valence-corrected chi connectivity index (χ0v) is 16.9. The van der Waals surface area contributed by atoms with E-state index < -0.39 is 5.97 Å². The largest absolute Gasteiger partial charge is 0.465 e. The normalized spacial score (nSPS) is 10.8. The standard InChI is InChI=1S/C21H17BrN4O2/c1-13-7-9-14(10-8-13)19-20(26-12-17(22)23-11-18(26)25-19)24-16-6-4-3-5-15(16)21(27)28-2/h3-12,24H,1-2H3. The van der Waals surface area contributed by atoms with Crippen LogP contribution in [0.4, 0.5) is 11.5 Å². The Morgan fingerprint density at radius 2 is 1.89 bits per heavy atom. The van der Waals surface area contributed by atoms with Gasteiger partial charge in [-0.3, -0.25) is 4.40 Å². The van der Waals surface area contributed by atoms with Crippen LogP contribution in [0.5, 0.6) is 0 Å². The summed E-state index contributed by atoms with van der Waals surface area (Å²) < 4.78 is 7.49. The summed E-state index contributed by atoms with van der Waals surface area (Å²) >= 11 is 3.41. The molecule has 4 aromatic rings. The number of methoxy groups -OCH3 is 1. The molecule has 28 heavy (non-hydrogen) atoms. The highest BCUT2D eigenvalue weighted by atomic mass is 79.9. The van der Waals surface area contributed by atoms with Gasteiger partial charge in [-0.2, -0.15) is 0 Å². The zero-order chi connectivity index (χ0) is 19.7. The molecular weight excluding hydrogens is 420 g/mol. The third kappa shape index (κ3) is 3.36. The number of halogens is 1. The van der Waals surface area contributed by atoms with Gasteiger partial charge < -0.3 is 10.1 Å². The molecule has 0 saturated heterocycles. The number of carbonyl (C=O) groups excluding carboxylic acids is 1. The fourth-order valence-electron chi connectivity index (χ4n) is 2.97. The van der Waals surface area contributed by atoms with Gasteiger partial charge in [0, 0.05) is 11.8 Å². The molecule has 2 heterocycles. The lowest BCUT2D eigenvalue weighted by atomic mass is 10.1. The molecule has 0 amide bonds. The molecule has 0 atom stereocenters. The average Bonchev–Trinajstić information content (AvgIpc) is 3.06. The highest BCUT2D eigenvalue weighted by Crippen LogP contribution is 2.32. The molecular formula is C21H17BrN4O2. The Labute approximate surface area is 170 Å². The quantitative estimate of drug-likeness (QED) is 0.456. The fraction of sp³-hybridized carbons (Fsp3) is 0.0952. The third-order valence-corrected chi connectivity index (χ3v) is 4.80. The first-order chi connectivity index (χ1) is 13.6. The van der Waals surface area contributed by atoms with Gasteiger partial charge in [-0.15, -0.1) is 0 Å². The van der Waals surface area contributed by atoms with E-state index in [1.807, 2.05) is 53.9 Å². The molecule has 0 radical (unpaired) electrons. The highest BCUT2D eigenvalue weighted by Gasteiger charge is 2.18. The number of rotatable bonds is 4. The van der Waals surface area contributed by atoms with Gasteiger partial charge in [-0.05, 0) is 35.0 Å². The van der Waals surface area contributed by atoms with E-state index in [2.05, 4.69) is 26.2 Å². The third-order valence-electron chi connectivity index (χ3n) is 4.39. The predicted molar refractivity (Wildman–Crippen MR) is 112 cm³/mol. The summed E-state index contributed by atoms with van der Waals surface area (Å²) in [5.74, 6) is 0.329. The minimum atomic E-state index is -0.406. The van der Waals surface area contributed by atoms with Gasteiger partial charge >= 0.3 is 5.97 Å². The van der Waals surface area contributed by atoms with Crippen molar-refractivity contribution in [3.63, 3.8) is 0 Å². The Morgan fingerprint density at radius 1 is 1.14 bits per heavy atom. The van der Waals surface area contributed by atoms with Crippen molar-refractivity contribution in [3.05, 3.63) is 76.7 Å². The first-order valence-corrected chi connectivity index (χ1v) is 9.41. The molecule has 2 aromatic carbocycles. The van der Waals surface area contributed by atoms with E-state index in [0.717, 1.165) is 17.1 Å². The van der Waals surface area contributed by atoms with Crippen molar-refractivity contribution in [1.82, 2.24) is 14.4 Å². The number of esters is 1. The molecule has 140 valence electrons. The minimum absolute atomic E-state index is 0.406. The molecule has 1 N–H and O–H groups in total. The van der Waals surface area contributed by atoms with Gasteiger partial charge in [0.05, 0.1) is 24.6 Å². The van der Waals surface area contributed by atoms with E-state index in [1.165, 1.54) is 12.7 Å². The Hall–Kier alpha value is -3.19. The molecule has 0 spiro atoms. The number of nitrogens with zero attached hydrogens (tertiary/aromatic N) is 3. The van der Waals surface area contributed by atoms with Gasteiger partial charge in [0.15, 0.2) is 5.65 Å². The summed E-state index contributed by atoms with van der Waals surface area (Å²) in [5, 5.41) is 3.37. The number of para-hydroxylation sites is 1. The van der Waals surface area contributed by atoms with Crippen LogP contribution in [0, 0.1) is 6.92 Å². The van der Waals surface area contributed by atoms with Crippen LogP contribution in [0.15, 0.2) is 65.5 Å². The van der Waals surface area contributed by atoms with Crippen molar-refractivity contribution in [1.29, 1.82) is 0 Å². The van der Waals surface area contributed by atoms with Gasteiger partial charge in [-0.1, -0.05) is 42.0 Å². The summed E-state index contributed by atoms with van der Waals surface area (Å²) in [6.45, 7) is 2.04. The summed E-state index contributed by atoms with van der Waals surface area (Å²) in [4.78, 5) is 21.2. The van der Waals surface area contributed by atoms with Crippen molar-refractivity contribution in [3.8, 4) is 11.3 Å². The number of anilines is 2. The Kier molecular flexibility index (Phi) is 4.83. The van der Waals surface area contributed by atoms with Gasteiger partial charge in [0.1, 0.15) is 16.1 Å². The lowest BCUT2D eigenvalue weighted by Crippen LogP contribution is -2.06. The minimum Gasteiger partial charge on any atom is -0.465 e. The second-order valence-corrected chi connectivity index (χ2v) is 7.09. The molecule has 7 heteroatoms. The Bertz CT molecular complexity index is 1170. The summed E-state index contributed by atoms with van der Waals surface area (Å²) in [6.07, 6.45) is 3.53. The van der Waals surface area contributed by atoms with E-state index in [-0.39, 0.29) is 0 Å². The van der Waals surface area contributed by atoms with Crippen LogP contribution in [-0.2, 0) is 4.74 Å². The maximum atomic E-state index is 12.2. The number of carbonyl (C=O) groups is 1. The van der Waals surface area contributed by atoms with E-state index in [1.54, 1.807) is 18.3 Å². The van der Waals surface area contributed by atoms with Crippen LogP contribution in [-0.4, -0.2) is 27.4 Å². The molecule has 0 fully saturated rings. The van der Waals surface area contributed by atoms with Gasteiger partial charge in [0.2, 0.25) is 0 Å². The first kappa shape index (κ1) is 18.2. The molecule has 0 unspecified atom stereocenters. The number of hydrogen-bond acceptors (Lipinski definition) is 5. The molecule has 6 nitrogen and oxygen atoms in total. The van der Waals surface area contributed by atoms with Crippen LogP contribution < -0.4 is 5.32 Å². The molecule has 4 rings (SSSR count). The van der Waals surface area contributed by atoms with E-state index in [4.69, 9.17) is 9.72 Å². The molecule has 0 aliphatic carbocycles. The Balaban J connectivity index is 1.90. The SMILES string of the molecule is COC(=O)c1ccccc1Nc1c(-c2ccc(C)cc2)nc2cnc(Br)cn12. The number of benzene rings is 2. The molecule has 0 bridgehead atoms. The zero-order valence-electron chi connectivity index (χ0n) is 15.3. The second-order valence-electron chi connectivity index (χ2n) is 6.28. The first-order valence-electron chi connectivity index (χ1n) is 8.62. The number of fused-ring (bicyclic) bond motifs is 1. The predicted octanol–water partition coefficient (Wildman–Crippen LogP) is 5.00. The summed E-state index contributed by atoms with van der Waals surface area (Å²) in [6, 6.07) is 15.4. The van der Waals surface area contributed by atoms with Crippen molar-refractivity contribution in [2.24, 2.45) is 0 Å². The van der Waals surface area contributed by atoms with Crippen LogP contribution in [0.25, 0.3) is 16.9 Å². The lowest BCUT2D eigenvalue weighted by molar-refractivity contribution is 0.0602. The van der Waals surface area contributed by atoms with Crippen molar-refractivity contribution < 1.29 is 9.53 Å².